The molecular weight excluding hydrogens is 1500 g/mol. The number of ketones is 1. The molecule has 0 bridgehead atoms. The summed E-state index contributed by atoms with van der Waals surface area (Å²) in [5.74, 6) is 2.61. The average Bonchev–Trinajstić information content (AvgIpc) is 0.810. The molecule has 3 aliphatic heterocycles. The van der Waals surface area contributed by atoms with E-state index in [1.165, 1.54) is 0 Å². The molecule has 3 fully saturated rings. The van der Waals surface area contributed by atoms with Crippen molar-refractivity contribution in [2.45, 2.75) is 205 Å². The van der Waals surface area contributed by atoms with E-state index in [9.17, 15) is 38.7 Å². The van der Waals surface area contributed by atoms with Gasteiger partial charge in [0.15, 0.2) is 5.78 Å². The predicted octanol–water partition coefficient (Wildman–Crippen LogP) is 7.99. The minimum atomic E-state index is -0.773. The van der Waals surface area contributed by atoms with E-state index in [2.05, 4.69) is 51.7 Å². The number of hydrogen-bond donors (Lipinski definition) is 7. The Kier molecular flexibility index (Phi) is 31.7. The van der Waals surface area contributed by atoms with E-state index in [0.717, 1.165) is 12.8 Å². The van der Waals surface area contributed by atoms with Crippen molar-refractivity contribution >= 4 is 107 Å². The molecule has 3 aromatic rings. The van der Waals surface area contributed by atoms with E-state index in [0.29, 0.717) is 126 Å². The van der Waals surface area contributed by atoms with Crippen LogP contribution in [0.1, 0.15) is 171 Å². The summed E-state index contributed by atoms with van der Waals surface area (Å²) in [6.07, 6.45) is -1.53. The van der Waals surface area contributed by atoms with Gasteiger partial charge in [-0.1, -0.05) is 13.8 Å². The van der Waals surface area contributed by atoms with Crippen molar-refractivity contribution in [1.29, 1.82) is 0 Å². The zero-order chi connectivity index (χ0) is 84.3. The summed E-state index contributed by atoms with van der Waals surface area (Å²) in [6.45, 7) is 43.8. The average molecular weight is 1620 g/mol. The lowest BCUT2D eigenvalue weighted by Gasteiger charge is -2.37. The molecule has 636 valence electrons. The SMILES string of the molecule is CC(=NCC1CCN(c2nc(N(CCNC(=O)OC(C)(C)C)CCNC(=O)OC(C)(C)C)nc(N3CCN(c4nc(Cl)nc(N5CCN(c6nc(N(CCNC(=O)OC(C)(C)C)CCNC(=O)OC(C)(C)C)nc(N(CCNC(=O)OC(C)(C)C)CCNC(=O)OC(C)(C)C)n6)CC5)n4)CC3)n2)CC1)C1=C(O)CC(C)(C)CC1=O. The highest BCUT2D eigenvalue weighted by Gasteiger charge is 2.36. The number of piperidine rings is 1. The number of nitrogens with zero attached hydrogens (tertiary/aromatic N) is 18. The number of aromatic nitrogens is 9. The van der Waals surface area contributed by atoms with Crippen LogP contribution in [0.5, 0.6) is 0 Å². The fourth-order valence-electron chi connectivity index (χ4n) is 12.3. The molecule has 0 spiro atoms. The molecule has 4 aliphatic rings. The van der Waals surface area contributed by atoms with Gasteiger partial charge in [-0.15, -0.1) is 0 Å². The number of allylic oxidation sites excluding steroid dienone is 2. The number of aliphatic hydroxyl groups is 1. The van der Waals surface area contributed by atoms with Crippen LogP contribution in [0.15, 0.2) is 16.3 Å². The second-order valence-electron chi connectivity index (χ2n) is 35.3. The van der Waals surface area contributed by atoms with Gasteiger partial charge in [-0.25, -0.2) is 28.8 Å². The van der Waals surface area contributed by atoms with E-state index in [-0.39, 0.29) is 125 Å². The van der Waals surface area contributed by atoms with Crippen LogP contribution in [-0.4, -0.2) is 282 Å². The van der Waals surface area contributed by atoms with Gasteiger partial charge in [0.2, 0.25) is 52.9 Å². The maximum atomic E-state index is 13.2. The zero-order valence-electron chi connectivity index (χ0n) is 70.9. The first-order valence-corrected chi connectivity index (χ1v) is 39.6. The van der Waals surface area contributed by atoms with Crippen LogP contribution >= 0.6 is 11.6 Å². The molecule has 6 amide bonds. The summed E-state index contributed by atoms with van der Waals surface area (Å²) in [6, 6.07) is 0. The van der Waals surface area contributed by atoms with Gasteiger partial charge in [-0.05, 0) is 167 Å². The molecule has 7 rings (SSSR count). The number of alkyl carbamates (subject to hydrolysis) is 6. The molecule has 0 saturated carbocycles. The molecule has 3 aromatic heterocycles. The van der Waals surface area contributed by atoms with Gasteiger partial charge in [0.1, 0.15) is 39.4 Å². The van der Waals surface area contributed by atoms with Crippen molar-refractivity contribution in [3.8, 4) is 0 Å². The van der Waals surface area contributed by atoms with Crippen LogP contribution in [0.25, 0.3) is 0 Å². The highest BCUT2D eigenvalue weighted by molar-refractivity contribution is 6.28. The Morgan fingerprint density at radius 2 is 0.658 bits per heavy atom. The van der Waals surface area contributed by atoms with Crippen LogP contribution in [-0.2, 0) is 33.2 Å². The highest BCUT2D eigenvalue weighted by atomic mass is 35.5. The number of nitrogens with one attached hydrogen (secondary N) is 6. The summed E-state index contributed by atoms with van der Waals surface area (Å²) < 4.78 is 33.3. The molecular formula is C75H125ClN24O14. The third-order valence-corrected chi connectivity index (χ3v) is 17.5. The number of ether oxygens (including phenoxy) is 6. The molecule has 7 N–H and O–H groups in total. The van der Waals surface area contributed by atoms with E-state index < -0.39 is 70.2 Å². The standard InChI is InChI=1S/C75H125ClN24O14/c1-49(53-51(101)46-75(20,21)47-52(53)102)83-48-50-22-30-93(31-23-50)57-87-58(94(32-24-77-63(103)109-69(2,3)4)33-25-78-64(104)110-70(5,6)7)90-61(88-57)99-42-38-97(39-43-99)55-84-54(76)85-56(86-55)98-40-44-100(45-41-98)62-91-59(95(34-26-79-65(105)111-71(8,9)10)35-27-80-66(106)112-72(11,12)13)89-60(92-62)96(36-28-81-67(107)113-73(14,15)16)37-29-82-68(108)114-74(17,18)19/h50,101H,22-48H2,1-21H3,(H,77,103)(H,78,104)(H,79,105)(H,80,106)(H,81,107)(H,82,108). The number of aliphatic hydroxyl groups excluding tert-OH is 1. The number of hydrogen-bond acceptors (Lipinski definition) is 32. The minimum Gasteiger partial charge on any atom is -0.511 e. The Morgan fingerprint density at radius 3 is 0.921 bits per heavy atom. The summed E-state index contributed by atoms with van der Waals surface area (Å²) in [4.78, 5) is 156. The number of aliphatic imine (C=N–C) groups is 1. The largest absolute Gasteiger partial charge is 0.511 e. The number of carbonyl (C=O) groups excluding carboxylic acids is 7. The molecule has 1 aliphatic carbocycles. The Bertz CT molecular complexity index is 3630. The summed E-state index contributed by atoms with van der Waals surface area (Å²) >= 11 is 6.83. The predicted molar refractivity (Wildman–Crippen MR) is 436 cm³/mol. The number of halogens is 1. The highest BCUT2D eigenvalue weighted by Crippen LogP contribution is 2.37. The lowest BCUT2D eigenvalue weighted by Crippen LogP contribution is -2.49. The van der Waals surface area contributed by atoms with Crippen molar-refractivity contribution in [2.75, 3.05) is 190 Å². The van der Waals surface area contributed by atoms with Crippen molar-refractivity contribution in [3.05, 3.63) is 16.6 Å². The first-order valence-electron chi connectivity index (χ1n) is 39.2. The number of rotatable bonds is 29. The summed E-state index contributed by atoms with van der Waals surface area (Å²) in [5.41, 5.74) is -4.03. The van der Waals surface area contributed by atoms with Crippen LogP contribution < -0.4 is 71.1 Å². The van der Waals surface area contributed by atoms with Gasteiger partial charge in [0.05, 0.1) is 5.57 Å². The molecule has 38 nitrogen and oxygen atoms in total. The van der Waals surface area contributed by atoms with E-state index in [1.807, 2.05) is 33.4 Å². The Labute approximate surface area is 675 Å². The quantitative estimate of drug-likeness (QED) is 0.0255. The molecule has 0 radical (unpaired) electrons. The maximum Gasteiger partial charge on any atom is 0.407 e. The number of anilines is 8. The van der Waals surface area contributed by atoms with Crippen LogP contribution in [0.2, 0.25) is 5.28 Å². The molecule has 114 heavy (non-hydrogen) atoms. The Hall–Kier alpha value is -9.78. The Balaban J connectivity index is 1.15. The second kappa shape index (κ2) is 39.5. The normalized spacial score (nSPS) is 16.2. The van der Waals surface area contributed by atoms with Crippen LogP contribution in [0.4, 0.5) is 76.4 Å². The van der Waals surface area contributed by atoms with Gasteiger partial charge in [-0.2, -0.15) is 44.9 Å². The van der Waals surface area contributed by atoms with Gasteiger partial charge < -0.3 is 105 Å². The van der Waals surface area contributed by atoms with E-state index in [1.54, 1.807) is 141 Å². The molecule has 0 aromatic carbocycles. The second-order valence-corrected chi connectivity index (χ2v) is 35.6. The lowest BCUT2D eigenvalue weighted by atomic mass is 9.76. The van der Waals surface area contributed by atoms with Gasteiger partial charge in [-0.3, -0.25) is 9.79 Å². The number of amides is 6. The van der Waals surface area contributed by atoms with Gasteiger partial charge >= 0.3 is 36.6 Å². The van der Waals surface area contributed by atoms with Crippen LogP contribution in [0, 0.1) is 11.3 Å². The lowest BCUT2D eigenvalue weighted by molar-refractivity contribution is -0.118. The fraction of sp³-hybridized carbons (Fsp3) is 0.747. The molecule has 0 unspecified atom stereocenters. The minimum absolute atomic E-state index is 0.0172. The van der Waals surface area contributed by atoms with Gasteiger partial charge in [0.25, 0.3) is 0 Å². The number of piperazine rings is 2. The molecule has 3 saturated heterocycles. The number of carbonyl (C=O) groups is 7. The smallest absolute Gasteiger partial charge is 0.407 e. The van der Waals surface area contributed by atoms with E-state index >= 15 is 0 Å². The summed E-state index contributed by atoms with van der Waals surface area (Å²) in [7, 11) is 0. The van der Waals surface area contributed by atoms with Crippen molar-refractivity contribution in [2.24, 2.45) is 16.3 Å². The van der Waals surface area contributed by atoms with E-state index in [4.69, 9.17) is 79.9 Å². The van der Waals surface area contributed by atoms with Crippen molar-refractivity contribution < 1.29 is 67.1 Å². The fourth-order valence-corrected chi connectivity index (χ4v) is 12.4. The monoisotopic (exact) mass is 1620 g/mol. The molecule has 39 heteroatoms. The third-order valence-electron chi connectivity index (χ3n) is 17.3. The Morgan fingerprint density at radius 1 is 0.412 bits per heavy atom. The first kappa shape index (κ1) is 91.4. The summed E-state index contributed by atoms with van der Waals surface area (Å²) in [5, 5.41) is 27.9. The molecule has 0 atom stereocenters. The van der Waals surface area contributed by atoms with Crippen molar-refractivity contribution in [1.82, 2.24) is 76.8 Å². The molecule has 6 heterocycles. The number of Topliss-reactive ketones (excluding diaryl/α,β-unsaturated/α-hetero) is 1. The van der Waals surface area contributed by atoms with Crippen LogP contribution in [0.3, 0.4) is 0 Å². The zero-order valence-corrected chi connectivity index (χ0v) is 71.6. The third kappa shape index (κ3) is 31.9. The topological polar surface area (TPSA) is 422 Å². The maximum absolute atomic E-state index is 13.2. The van der Waals surface area contributed by atoms with Crippen molar-refractivity contribution in [3.63, 3.8) is 0 Å². The first-order chi connectivity index (χ1) is 53.0. The van der Waals surface area contributed by atoms with Gasteiger partial charge in [0, 0.05) is 169 Å².